The number of carbonyl (C=O) groups is 1. The second-order valence-corrected chi connectivity index (χ2v) is 7.46. The summed E-state index contributed by atoms with van der Waals surface area (Å²) in [6, 6.07) is 14.5. The molecule has 0 fully saturated rings. The summed E-state index contributed by atoms with van der Waals surface area (Å²) in [4.78, 5) is 21.7. The van der Waals surface area contributed by atoms with E-state index in [1.165, 1.54) is 17.5 Å². The molecule has 3 N–H and O–H groups in total. The summed E-state index contributed by atoms with van der Waals surface area (Å²) >= 11 is 0. The zero-order valence-corrected chi connectivity index (χ0v) is 16.1. The van der Waals surface area contributed by atoms with Crippen molar-refractivity contribution in [2.24, 2.45) is 4.99 Å². The Hall–Kier alpha value is -3.32. The number of anilines is 1. The maximum atomic E-state index is 12.5. The van der Waals surface area contributed by atoms with Crippen molar-refractivity contribution in [3.63, 3.8) is 0 Å². The molecule has 0 aliphatic carbocycles. The molecule has 2 aromatic carbocycles. The van der Waals surface area contributed by atoms with Crippen LogP contribution in [0.3, 0.4) is 0 Å². The second kappa shape index (κ2) is 7.25. The number of hydrogen-bond donors (Lipinski definition) is 3. The van der Waals surface area contributed by atoms with Gasteiger partial charge in [-0.1, -0.05) is 36.4 Å². The van der Waals surface area contributed by atoms with Crippen molar-refractivity contribution in [2.75, 3.05) is 25.5 Å². The van der Waals surface area contributed by atoms with Crippen LogP contribution in [-0.2, 0) is 6.54 Å². The summed E-state index contributed by atoms with van der Waals surface area (Å²) < 4.78 is 0. The third kappa shape index (κ3) is 3.03. The van der Waals surface area contributed by atoms with E-state index < -0.39 is 0 Å². The molecule has 3 heterocycles. The van der Waals surface area contributed by atoms with Crippen LogP contribution in [0.25, 0.3) is 0 Å². The molecule has 3 aromatic rings. The topological polar surface area (TPSA) is 95.1 Å². The van der Waals surface area contributed by atoms with Gasteiger partial charge in [-0.3, -0.25) is 14.9 Å². The number of hydrogen-bond acceptors (Lipinski definition) is 6. The Bertz CT molecular complexity index is 1070. The van der Waals surface area contributed by atoms with Gasteiger partial charge >= 0.3 is 0 Å². The number of nitrogens with zero attached hydrogens (tertiary/aromatic N) is 3. The van der Waals surface area contributed by atoms with Gasteiger partial charge in [0.15, 0.2) is 5.78 Å². The molecule has 2 unspecified atom stereocenters. The van der Waals surface area contributed by atoms with Crippen LogP contribution in [0.5, 0.6) is 0 Å². The van der Waals surface area contributed by atoms with Crippen molar-refractivity contribution in [1.29, 1.82) is 0 Å². The van der Waals surface area contributed by atoms with Gasteiger partial charge in [0.1, 0.15) is 18.7 Å². The third-order valence-corrected chi connectivity index (χ3v) is 5.74. The maximum Gasteiger partial charge on any atom is 0.184 e. The van der Waals surface area contributed by atoms with Gasteiger partial charge in [0, 0.05) is 35.8 Å². The molecular weight excluding hydrogens is 364 g/mol. The average Bonchev–Trinajstić information content (AvgIpc) is 3.22. The lowest BCUT2D eigenvalue weighted by molar-refractivity contribution is 0.1000. The highest BCUT2D eigenvalue weighted by Gasteiger charge is 2.39. The Labute approximate surface area is 168 Å². The average molecular weight is 386 g/mol. The highest BCUT2D eigenvalue weighted by Crippen LogP contribution is 2.41. The first-order valence-corrected chi connectivity index (χ1v) is 9.79. The van der Waals surface area contributed by atoms with Crippen LogP contribution in [-0.4, -0.2) is 46.8 Å². The van der Waals surface area contributed by atoms with Gasteiger partial charge in [0.05, 0.1) is 11.6 Å². The Morgan fingerprint density at radius 2 is 2.03 bits per heavy atom. The fourth-order valence-corrected chi connectivity index (χ4v) is 4.39. The molecule has 7 heteroatoms. The van der Waals surface area contributed by atoms with E-state index in [0.717, 1.165) is 34.9 Å². The van der Waals surface area contributed by atoms with Crippen LogP contribution < -0.4 is 10.6 Å². The third-order valence-electron chi connectivity index (χ3n) is 5.74. The molecule has 0 bridgehead atoms. The van der Waals surface area contributed by atoms with Crippen molar-refractivity contribution < 1.29 is 4.79 Å². The van der Waals surface area contributed by atoms with Crippen LogP contribution in [0.1, 0.15) is 44.7 Å². The molecule has 7 nitrogen and oxygen atoms in total. The lowest BCUT2D eigenvalue weighted by atomic mass is 9.79. The van der Waals surface area contributed by atoms with E-state index in [-0.39, 0.29) is 24.2 Å². The number of H-pyrrole nitrogens is 1. The monoisotopic (exact) mass is 386 g/mol. The number of aromatic nitrogens is 3. The van der Waals surface area contributed by atoms with E-state index in [9.17, 15) is 4.79 Å². The van der Waals surface area contributed by atoms with Gasteiger partial charge in [-0.25, -0.2) is 4.98 Å². The fourth-order valence-electron chi connectivity index (χ4n) is 4.39. The molecule has 1 aromatic heterocycles. The van der Waals surface area contributed by atoms with E-state index in [1.54, 1.807) is 0 Å². The molecule has 2 atom stereocenters. The number of aromatic amines is 1. The Morgan fingerprint density at radius 3 is 2.79 bits per heavy atom. The Balaban J connectivity index is 1.65. The molecule has 2 aliphatic rings. The Kier molecular flexibility index (Phi) is 4.44. The van der Waals surface area contributed by atoms with Gasteiger partial charge in [0.25, 0.3) is 0 Å². The lowest BCUT2D eigenvalue weighted by Gasteiger charge is -2.27. The minimum atomic E-state index is -0.115. The van der Waals surface area contributed by atoms with E-state index in [2.05, 4.69) is 50.1 Å². The lowest BCUT2D eigenvalue weighted by Crippen LogP contribution is -2.28. The SMILES string of the molecule is CNCc1ccc(C2CNc3cccc4c3C(=NCC4=O)C2c2ncn[nH]2)cc1. The van der Waals surface area contributed by atoms with Crippen molar-refractivity contribution in [1.82, 2.24) is 20.5 Å². The van der Waals surface area contributed by atoms with Gasteiger partial charge < -0.3 is 10.6 Å². The van der Waals surface area contributed by atoms with Crippen LogP contribution >= 0.6 is 0 Å². The normalized spacial score (nSPS) is 20.4. The first-order chi connectivity index (χ1) is 14.3. The summed E-state index contributed by atoms with van der Waals surface area (Å²) in [5.41, 5.74) is 5.93. The smallest absolute Gasteiger partial charge is 0.184 e. The second-order valence-electron chi connectivity index (χ2n) is 7.46. The molecule has 5 rings (SSSR count). The molecule has 0 amide bonds. The van der Waals surface area contributed by atoms with Crippen LogP contribution in [0.4, 0.5) is 5.69 Å². The highest BCUT2D eigenvalue weighted by atomic mass is 16.1. The number of benzene rings is 2. The van der Waals surface area contributed by atoms with Crippen molar-refractivity contribution >= 4 is 17.2 Å². The molecular formula is C22H22N6O. The number of Topliss-reactive ketones (excluding diaryl/α,β-unsaturated/α-hetero) is 1. The van der Waals surface area contributed by atoms with E-state index >= 15 is 0 Å². The number of rotatable bonds is 4. The standard InChI is InChI=1S/C22H22N6O/c1-23-9-13-5-7-14(8-6-13)16-10-24-17-4-2-3-15-18(29)11-25-21(19(15)17)20(16)22-26-12-27-28-22/h2-8,12,16,20,23-24H,9-11H2,1H3,(H,26,27,28). The van der Waals surface area contributed by atoms with Gasteiger partial charge in [-0.2, -0.15) is 5.10 Å². The molecule has 146 valence electrons. The first-order valence-electron chi connectivity index (χ1n) is 9.79. The Morgan fingerprint density at radius 1 is 1.17 bits per heavy atom. The minimum Gasteiger partial charge on any atom is -0.384 e. The van der Waals surface area contributed by atoms with Gasteiger partial charge in [0.2, 0.25) is 0 Å². The maximum absolute atomic E-state index is 12.5. The largest absolute Gasteiger partial charge is 0.384 e. The number of ketones is 1. The van der Waals surface area contributed by atoms with Gasteiger partial charge in [-0.05, 0) is 24.2 Å². The number of nitrogens with one attached hydrogen (secondary N) is 3. The van der Waals surface area contributed by atoms with E-state index in [0.29, 0.717) is 6.54 Å². The summed E-state index contributed by atoms with van der Waals surface area (Å²) in [6.07, 6.45) is 1.53. The molecule has 0 saturated heterocycles. The van der Waals surface area contributed by atoms with Crippen LogP contribution in [0, 0.1) is 0 Å². The number of carbonyl (C=O) groups excluding carboxylic acids is 1. The van der Waals surface area contributed by atoms with Crippen molar-refractivity contribution in [3.8, 4) is 0 Å². The van der Waals surface area contributed by atoms with E-state index in [1.807, 2.05) is 25.2 Å². The van der Waals surface area contributed by atoms with Crippen LogP contribution in [0.15, 0.2) is 53.8 Å². The highest BCUT2D eigenvalue weighted by molar-refractivity contribution is 6.20. The zero-order valence-electron chi connectivity index (χ0n) is 16.1. The molecule has 0 spiro atoms. The molecule has 0 saturated carbocycles. The summed E-state index contributed by atoms with van der Waals surface area (Å²) in [5, 5.41) is 13.9. The predicted octanol–water partition coefficient (Wildman–Crippen LogP) is 2.50. The van der Waals surface area contributed by atoms with E-state index in [4.69, 9.17) is 4.99 Å². The molecule has 29 heavy (non-hydrogen) atoms. The predicted molar refractivity (Wildman–Crippen MR) is 112 cm³/mol. The number of aliphatic imine (C=N–C) groups is 1. The van der Waals surface area contributed by atoms with Crippen LogP contribution in [0.2, 0.25) is 0 Å². The minimum absolute atomic E-state index is 0.0542. The van der Waals surface area contributed by atoms with Crippen molar-refractivity contribution in [3.05, 3.63) is 76.9 Å². The molecule has 0 radical (unpaired) electrons. The quantitative estimate of drug-likeness (QED) is 0.640. The summed E-state index contributed by atoms with van der Waals surface area (Å²) in [6.45, 7) is 1.71. The summed E-state index contributed by atoms with van der Waals surface area (Å²) in [5.74, 6) is 0.805. The van der Waals surface area contributed by atoms with Gasteiger partial charge in [-0.15, -0.1) is 0 Å². The first kappa shape index (κ1) is 17.8. The fraction of sp³-hybridized carbons (Fsp3) is 0.273. The van der Waals surface area contributed by atoms with Crippen molar-refractivity contribution in [2.45, 2.75) is 18.4 Å². The zero-order chi connectivity index (χ0) is 19.8. The molecule has 2 aliphatic heterocycles. The summed E-state index contributed by atoms with van der Waals surface area (Å²) in [7, 11) is 1.94.